The summed E-state index contributed by atoms with van der Waals surface area (Å²) in [5.41, 5.74) is 2.52. The number of halogens is 1. The summed E-state index contributed by atoms with van der Waals surface area (Å²) in [6.45, 7) is 2.49. The zero-order valence-corrected chi connectivity index (χ0v) is 16.9. The average molecular weight is 407 g/mol. The fourth-order valence-electron chi connectivity index (χ4n) is 2.69. The van der Waals surface area contributed by atoms with Crippen molar-refractivity contribution >= 4 is 49.9 Å². The van der Waals surface area contributed by atoms with E-state index in [1.807, 2.05) is 55.5 Å². The molecule has 0 saturated heterocycles. The first kappa shape index (κ1) is 22.5. The monoisotopic (exact) mass is 406 g/mol. The number of aryl methyl sites for hydroxylation is 1. The minimum atomic E-state index is -0.0431. The summed E-state index contributed by atoms with van der Waals surface area (Å²) < 4.78 is 11.1. The quantitative estimate of drug-likeness (QED) is 0.420. The van der Waals surface area contributed by atoms with E-state index in [-0.39, 0.29) is 33.0 Å². The molecule has 6 heteroatoms. The molecule has 0 bridgehead atoms. The van der Waals surface area contributed by atoms with Crippen LogP contribution in [-0.4, -0.2) is 31.5 Å². The number of hydrogen-bond donors (Lipinski definition) is 0. The molecule has 0 radical (unpaired) electrons. The van der Waals surface area contributed by atoms with Gasteiger partial charge in [-0.25, -0.2) is 0 Å². The van der Waals surface area contributed by atoms with E-state index >= 15 is 0 Å². The van der Waals surface area contributed by atoms with Gasteiger partial charge in [-0.05, 0) is 56.2 Å². The molecule has 28 heavy (non-hydrogen) atoms. The normalized spacial score (nSPS) is 10.5. The minimum absolute atomic E-state index is 0. The van der Waals surface area contributed by atoms with Crippen LogP contribution < -0.4 is 14.8 Å². The topological polar surface area (TPSA) is 35.5 Å². The van der Waals surface area contributed by atoms with Crippen molar-refractivity contribution in [1.29, 1.82) is 0 Å². The van der Waals surface area contributed by atoms with Crippen molar-refractivity contribution in [2.24, 2.45) is 0 Å². The SMILES string of the molecule is COc1cccc(Cl)c1C(=O)Pc1ccc(OCc2ccccc2)cc1C.[LiH]. The molecule has 0 heterocycles. The number of benzene rings is 3. The van der Waals surface area contributed by atoms with Gasteiger partial charge in [-0.1, -0.05) is 54.1 Å². The van der Waals surface area contributed by atoms with Crippen molar-refractivity contribution in [3.05, 3.63) is 88.4 Å². The first-order valence-corrected chi connectivity index (χ1v) is 9.87. The second-order valence-corrected chi connectivity index (χ2v) is 7.67. The van der Waals surface area contributed by atoms with E-state index in [0.29, 0.717) is 22.9 Å². The van der Waals surface area contributed by atoms with Crippen molar-refractivity contribution in [1.82, 2.24) is 0 Å². The maximum absolute atomic E-state index is 12.8. The maximum atomic E-state index is 12.8. The molecule has 0 aliphatic rings. The van der Waals surface area contributed by atoms with Crippen LogP contribution in [0.25, 0.3) is 0 Å². The fourth-order valence-corrected chi connectivity index (χ4v) is 4.08. The Kier molecular flexibility index (Phi) is 8.61. The van der Waals surface area contributed by atoms with Crippen LogP contribution in [0, 0.1) is 6.92 Å². The van der Waals surface area contributed by atoms with Gasteiger partial charge in [-0.15, -0.1) is 0 Å². The number of ether oxygens (including phenoxy) is 2. The summed E-state index contributed by atoms with van der Waals surface area (Å²) in [5, 5.41) is 1.38. The standard InChI is InChI=1S/C22H20ClO3P.Li.H/c1-15-13-17(26-14-16-7-4-3-5-8-16)11-12-20(15)27-22(24)21-18(23)9-6-10-19(21)25-2;;/h3-13,27H,14H2,1-2H3;;. The molecule has 0 fully saturated rings. The Morgan fingerprint density at radius 1 is 1.04 bits per heavy atom. The van der Waals surface area contributed by atoms with Crippen molar-refractivity contribution in [3.63, 3.8) is 0 Å². The Bertz CT molecular complexity index is 948. The number of hydrogen-bond acceptors (Lipinski definition) is 3. The van der Waals surface area contributed by atoms with Crippen molar-refractivity contribution in [2.75, 3.05) is 7.11 Å². The van der Waals surface area contributed by atoms with Gasteiger partial charge in [0.25, 0.3) is 0 Å². The van der Waals surface area contributed by atoms with Crippen LogP contribution in [-0.2, 0) is 6.61 Å². The molecule has 1 unspecified atom stereocenters. The van der Waals surface area contributed by atoms with Gasteiger partial charge in [-0.3, -0.25) is 4.79 Å². The van der Waals surface area contributed by atoms with Crippen LogP contribution in [0.4, 0.5) is 0 Å². The first-order valence-electron chi connectivity index (χ1n) is 8.49. The van der Waals surface area contributed by atoms with Gasteiger partial charge < -0.3 is 9.47 Å². The molecular formula is C22H21ClLiO3P. The molecule has 0 aromatic heterocycles. The van der Waals surface area contributed by atoms with E-state index < -0.39 is 0 Å². The van der Waals surface area contributed by atoms with Gasteiger partial charge in [0.05, 0.1) is 17.7 Å². The second kappa shape index (κ2) is 10.7. The Balaban J connectivity index is 0.00000280. The summed E-state index contributed by atoms with van der Waals surface area (Å²) in [4.78, 5) is 12.8. The van der Waals surface area contributed by atoms with Gasteiger partial charge in [0, 0.05) is 0 Å². The molecule has 3 aromatic rings. The Hall–Kier alpha value is -1.75. The van der Waals surface area contributed by atoms with Gasteiger partial charge in [-0.2, -0.15) is 0 Å². The molecular weight excluding hydrogens is 386 g/mol. The second-order valence-electron chi connectivity index (χ2n) is 6.02. The van der Waals surface area contributed by atoms with Crippen LogP contribution in [0.2, 0.25) is 5.02 Å². The third-order valence-electron chi connectivity index (χ3n) is 4.12. The summed E-state index contributed by atoms with van der Waals surface area (Å²) in [6.07, 6.45) is 0. The number of carbonyl (C=O) groups is 1. The third-order valence-corrected chi connectivity index (χ3v) is 5.74. The zero-order valence-electron chi connectivity index (χ0n) is 15.2. The Morgan fingerprint density at radius 2 is 1.79 bits per heavy atom. The van der Waals surface area contributed by atoms with Gasteiger partial charge >= 0.3 is 18.9 Å². The van der Waals surface area contributed by atoms with E-state index in [1.54, 1.807) is 18.2 Å². The van der Waals surface area contributed by atoms with Crippen molar-refractivity contribution in [2.45, 2.75) is 13.5 Å². The number of methoxy groups -OCH3 is 1. The molecule has 3 aromatic carbocycles. The molecule has 0 amide bonds. The van der Waals surface area contributed by atoms with E-state index in [2.05, 4.69) is 0 Å². The Labute approximate surface area is 184 Å². The molecule has 0 spiro atoms. The van der Waals surface area contributed by atoms with Crippen LogP contribution in [0.1, 0.15) is 21.5 Å². The van der Waals surface area contributed by atoms with E-state index in [4.69, 9.17) is 21.1 Å². The van der Waals surface area contributed by atoms with Crippen LogP contribution in [0.15, 0.2) is 66.7 Å². The van der Waals surface area contributed by atoms with Crippen LogP contribution in [0.3, 0.4) is 0 Å². The molecule has 1 atom stereocenters. The predicted molar refractivity (Wildman–Crippen MR) is 119 cm³/mol. The molecule has 0 aliphatic carbocycles. The van der Waals surface area contributed by atoms with Crippen LogP contribution >= 0.6 is 20.2 Å². The molecule has 0 N–H and O–H groups in total. The van der Waals surface area contributed by atoms with E-state index in [0.717, 1.165) is 22.2 Å². The summed E-state index contributed by atoms with van der Waals surface area (Å²) >= 11 is 6.22. The molecule has 140 valence electrons. The zero-order chi connectivity index (χ0) is 19.2. The van der Waals surface area contributed by atoms with Crippen LogP contribution in [0.5, 0.6) is 11.5 Å². The average Bonchev–Trinajstić information content (AvgIpc) is 2.68. The molecule has 0 aliphatic heterocycles. The molecule has 3 nitrogen and oxygen atoms in total. The van der Waals surface area contributed by atoms with Gasteiger partial charge in [0.2, 0.25) is 0 Å². The van der Waals surface area contributed by atoms with Crippen molar-refractivity contribution < 1.29 is 14.3 Å². The third kappa shape index (κ3) is 5.63. The fraction of sp³-hybridized carbons (Fsp3) is 0.136. The predicted octanol–water partition coefficient (Wildman–Crippen LogP) is 4.73. The van der Waals surface area contributed by atoms with E-state index in [1.165, 1.54) is 7.11 Å². The number of rotatable bonds is 7. The molecule has 0 saturated carbocycles. The van der Waals surface area contributed by atoms with Gasteiger partial charge in [0.15, 0.2) is 5.52 Å². The summed E-state index contributed by atoms with van der Waals surface area (Å²) in [6, 6.07) is 21.0. The van der Waals surface area contributed by atoms with E-state index in [9.17, 15) is 4.79 Å². The number of carbonyl (C=O) groups excluding carboxylic acids is 1. The van der Waals surface area contributed by atoms with Gasteiger partial charge in [0.1, 0.15) is 18.1 Å². The summed E-state index contributed by atoms with van der Waals surface area (Å²) in [5.74, 6) is 1.29. The summed E-state index contributed by atoms with van der Waals surface area (Å²) in [7, 11) is 1.50. The first-order chi connectivity index (χ1) is 13.1. The van der Waals surface area contributed by atoms with Crippen molar-refractivity contribution in [3.8, 4) is 11.5 Å². The Morgan fingerprint density at radius 3 is 2.46 bits per heavy atom. The molecule has 3 rings (SSSR count).